The second-order valence-electron chi connectivity index (χ2n) is 3.35. The van der Waals surface area contributed by atoms with Gasteiger partial charge in [-0.05, 0) is 25.7 Å². The zero-order chi connectivity index (χ0) is 9.73. The molecule has 1 rings (SSSR count). The van der Waals surface area contributed by atoms with Crippen molar-refractivity contribution < 1.29 is 13.5 Å². The van der Waals surface area contributed by atoms with Gasteiger partial charge in [0.2, 0.25) is 10.0 Å². The average molecular weight is 207 g/mol. The van der Waals surface area contributed by atoms with Crippen molar-refractivity contribution in [2.45, 2.75) is 25.7 Å². The number of hydrogen-bond acceptors (Lipinski definition) is 3. The molecule has 0 aromatic rings. The molecule has 0 aromatic heterocycles. The number of sulfonamides is 1. The summed E-state index contributed by atoms with van der Waals surface area (Å²) < 4.78 is 24.7. The van der Waals surface area contributed by atoms with Crippen molar-refractivity contribution in [2.24, 2.45) is 0 Å². The first kappa shape index (κ1) is 10.9. The number of aliphatic hydroxyl groups is 1. The second-order valence-corrected chi connectivity index (χ2v) is 5.44. The summed E-state index contributed by atoms with van der Waals surface area (Å²) in [5, 5.41) is 8.52. The third kappa shape index (κ3) is 3.25. The highest BCUT2D eigenvalue weighted by molar-refractivity contribution is 7.89. The summed E-state index contributed by atoms with van der Waals surface area (Å²) in [7, 11) is -3.01. The van der Waals surface area contributed by atoms with Gasteiger partial charge in [-0.15, -0.1) is 0 Å². The molecule has 1 fully saturated rings. The molecule has 0 bridgehead atoms. The molecule has 13 heavy (non-hydrogen) atoms. The van der Waals surface area contributed by atoms with Crippen molar-refractivity contribution in [3.05, 3.63) is 0 Å². The van der Waals surface area contributed by atoms with E-state index in [1.165, 1.54) is 0 Å². The number of unbranched alkanes of at least 4 members (excludes halogenated alkanes) is 1. The Balaban J connectivity index is 2.36. The number of nitrogens with zero attached hydrogens (tertiary/aromatic N) is 1. The Morgan fingerprint density at radius 2 is 1.77 bits per heavy atom. The molecule has 0 unspecified atom stereocenters. The van der Waals surface area contributed by atoms with E-state index in [0.717, 1.165) is 12.8 Å². The van der Waals surface area contributed by atoms with Gasteiger partial charge < -0.3 is 5.11 Å². The highest BCUT2D eigenvalue weighted by Gasteiger charge is 2.24. The Kier molecular flexibility index (Phi) is 4.15. The van der Waals surface area contributed by atoms with Crippen LogP contribution in [0.4, 0.5) is 0 Å². The summed E-state index contributed by atoms with van der Waals surface area (Å²) in [6.45, 7) is 1.44. The lowest BCUT2D eigenvalue weighted by molar-refractivity contribution is 0.287. The molecule has 1 N–H and O–H groups in total. The van der Waals surface area contributed by atoms with Gasteiger partial charge in [-0.2, -0.15) is 0 Å². The number of aliphatic hydroxyl groups excluding tert-OH is 1. The van der Waals surface area contributed by atoms with Crippen molar-refractivity contribution in [3.8, 4) is 0 Å². The van der Waals surface area contributed by atoms with Crippen LogP contribution in [0.1, 0.15) is 25.7 Å². The Morgan fingerprint density at radius 3 is 2.31 bits per heavy atom. The number of hydrogen-bond donors (Lipinski definition) is 1. The molecule has 1 aliphatic heterocycles. The molecule has 0 atom stereocenters. The molecule has 0 aromatic carbocycles. The van der Waals surface area contributed by atoms with Crippen LogP contribution in [-0.4, -0.2) is 43.3 Å². The summed E-state index contributed by atoms with van der Waals surface area (Å²) in [5.74, 6) is 0.188. The van der Waals surface area contributed by atoms with E-state index in [9.17, 15) is 8.42 Å². The van der Waals surface area contributed by atoms with Crippen molar-refractivity contribution in [2.75, 3.05) is 25.4 Å². The summed E-state index contributed by atoms with van der Waals surface area (Å²) in [5.41, 5.74) is 0. The molecule has 1 heterocycles. The van der Waals surface area contributed by atoms with Crippen molar-refractivity contribution in [3.63, 3.8) is 0 Å². The lowest BCUT2D eigenvalue weighted by atomic mass is 10.4. The molecule has 0 aliphatic carbocycles. The SMILES string of the molecule is O=S(=O)(CCCCO)N1CCCC1. The minimum absolute atomic E-state index is 0.0789. The molecule has 5 heteroatoms. The summed E-state index contributed by atoms with van der Waals surface area (Å²) in [6.07, 6.45) is 3.11. The van der Waals surface area contributed by atoms with E-state index in [1.54, 1.807) is 4.31 Å². The van der Waals surface area contributed by atoms with Crippen molar-refractivity contribution in [1.29, 1.82) is 0 Å². The van der Waals surface area contributed by atoms with E-state index >= 15 is 0 Å². The minimum atomic E-state index is -3.01. The molecular weight excluding hydrogens is 190 g/mol. The van der Waals surface area contributed by atoms with Crippen LogP contribution in [0.3, 0.4) is 0 Å². The van der Waals surface area contributed by atoms with E-state index in [4.69, 9.17) is 5.11 Å². The fraction of sp³-hybridized carbons (Fsp3) is 1.00. The van der Waals surface area contributed by atoms with Gasteiger partial charge in [-0.25, -0.2) is 12.7 Å². The molecular formula is C8H17NO3S. The topological polar surface area (TPSA) is 57.6 Å². The summed E-state index contributed by atoms with van der Waals surface area (Å²) >= 11 is 0. The van der Waals surface area contributed by atoms with Crippen LogP contribution < -0.4 is 0 Å². The first-order valence-corrected chi connectivity index (χ1v) is 6.36. The summed E-state index contributed by atoms with van der Waals surface area (Å²) in [4.78, 5) is 0. The van der Waals surface area contributed by atoms with Crippen molar-refractivity contribution in [1.82, 2.24) is 4.31 Å². The third-order valence-electron chi connectivity index (χ3n) is 2.27. The predicted octanol–water partition coefficient (Wildman–Crippen LogP) is 0.184. The highest BCUT2D eigenvalue weighted by Crippen LogP contribution is 2.13. The van der Waals surface area contributed by atoms with Crippen LogP contribution in [0.5, 0.6) is 0 Å². The monoisotopic (exact) mass is 207 g/mol. The molecule has 0 saturated carbocycles. The van der Waals surface area contributed by atoms with Gasteiger partial charge >= 0.3 is 0 Å². The lowest BCUT2D eigenvalue weighted by Crippen LogP contribution is -2.30. The van der Waals surface area contributed by atoms with Gasteiger partial charge in [-0.3, -0.25) is 0 Å². The first-order valence-electron chi connectivity index (χ1n) is 4.75. The van der Waals surface area contributed by atoms with Crippen LogP contribution in [0, 0.1) is 0 Å². The summed E-state index contributed by atoms with van der Waals surface area (Å²) in [6, 6.07) is 0. The van der Waals surface area contributed by atoms with Gasteiger partial charge in [0.25, 0.3) is 0 Å². The molecule has 0 amide bonds. The van der Waals surface area contributed by atoms with E-state index in [1.807, 2.05) is 0 Å². The van der Waals surface area contributed by atoms with E-state index in [2.05, 4.69) is 0 Å². The van der Waals surface area contributed by atoms with Crippen LogP contribution in [0.25, 0.3) is 0 Å². The maximum atomic E-state index is 11.6. The van der Waals surface area contributed by atoms with E-state index in [0.29, 0.717) is 25.9 Å². The van der Waals surface area contributed by atoms with E-state index < -0.39 is 10.0 Å². The smallest absolute Gasteiger partial charge is 0.214 e. The standard InChI is InChI=1S/C8H17NO3S/c10-7-3-4-8-13(11,12)9-5-1-2-6-9/h10H,1-8H2. The molecule has 78 valence electrons. The third-order valence-corrected chi connectivity index (χ3v) is 4.23. The van der Waals surface area contributed by atoms with Crippen LogP contribution in [-0.2, 0) is 10.0 Å². The van der Waals surface area contributed by atoms with Crippen LogP contribution >= 0.6 is 0 Å². The predicted molar refractivity (Wildman–Crippen MR) is 50.9 cm³/mol. The van der Waals surface area contributed by atoms with Gasteiger partial charge in [0, 0.05) is 19.7 Å². The molecule has 1 saturated heterocycles. The van der Waals surface area contributed by atoms with Gasteiger partial charge in [0.15, 0.2) is 0 Å². The van der Waals surface area contributed by atoms with Crippen molar-refractivity contribution >= 4 is 10.0 Å². The number of rotatable bonds is 5. The van der Waals surface area contributed by atoms with E-state index in [-0.39, 0.29) is 12.4 Å². The Hall–Kier alpha value is -0.130. The average Bonchev–Trinajstić information content (AvgIpc) is 2.56. The first-order chi connectivity index (χ1) is 6.17. The minimum Gasteiger partial charge on any atom is -0.396 e. The van der Waals surface area contributed by atoms with Gasteiger partial charge in [0.1, 0.15) is 0 Å². The van der Waals surface area contributed by atoms with Gasteiger partial charge in [0.05, 0.1) is 5.75 Å². The maximum absolute atomic E-state index is 11.6. The fourth-order valence-electron chi connectivity index (χ4n) is 1.49. The zero-order valence-corrected chi connectivity index (χ0v) is 8.59. The van der Waals surface area contributed by atoms with Gasteiger partial charge in [-0.1, -0.05) is 0 Å². The fourth-order valence-corrected chi connectivity index (χ4v) is 3.13. The zero-order valence-electron chi connectivity index (χ0n) is 7.78. The quantitative estimate of drug-likeness (QED) is 0.654. The normalized spacial score (nSPS) is 19.5. The molecule has 4 nitrogen and oxygen atoms in total. The van der Waals surface area contributed by atoms with Crippen LogP contribution in [0.2, 0.25) is 0 Å². The highest BCUT2D eigenvalue weighted by atomic mass is 32.2. The Labute approximate surface area is 79.6 Å². The lowest BCUT2D eigenvalue weighted by Gasteiger charge is -2.14. The maximum Gasteiger partial charge on any atom is 0.214 e. The molecule has 0 radical (unpaired) electrons. The second kappa shape index (κ2) is 4.93. The van der Waals surface area contributed by atoms with Crippen LogP contribution in [0.15, 0.2) is 0 Å². The molecule has 1 aliphatic rings. The molecule has 0 spiro atoms. The Bertz CT molecular complexity index is 232. The largest absolute Gasteiger partial charge is 0.396 e. The Morgan fingerprint density at radius 1 is 1.15 bits per heavy atom.